The van der Waals surface area contributed by atoms with Gasteiger partial charge in [-0.15, -0.1) is 11.3 Å². The van der Waals surface area contributed by atoms with E-state index in [2.05, 4.69) is 10.4 Å². The quantitative estimate of drug-likeness (QED) is 0.707. The predicted molar refractivity (Wildman–Crippen MR) is 113 cm³/mol. The zero-order valence-electron chi connectivity index (χ0n) is 16.6. The fraction of sp³-hybridized carbons (Fsp3) is 0.526. The second kappa shape index (κ2) is 9.19. The molecule has 3 heterocycles. The van der Waals surface area contributed by atoms with Crippen molar-refractivity contribution in [2.24, 2.45) is 5.92 Å². The predicted octanol–water partition coefficient (Wildman–Crippen LogP) is 1.54. The summed E-state index contributed by atoms with van der Waals surface area (Å²) in [7, 11) is -3.21. The Labute approximate surface area is 174 Å². The lowest BCUT2D eigenvalue weighted by atomic mass is 9.96. The first-order valence-corrected chi connectivity index (χ1v) is 12.4. The number of carbonyl (C=O) groups excluding carboxylic acids is 1. The van der Waals surface area contributed by atoms with Gasteiger partial charge in [0.25, 0.3) is 5.56 Å². The monoisotopic (exact) mass is 438 g/mol. The van der Waals surface area contributed by atoms with E-state index in [1.165, 1.54) is 21.3 Å². The Bertz CT molecular complexity index is 993. The molecular weight excluding hydrogens is 412 g/mol. The van der Waals surface area contributed by atoms with Crippen molar-refractivity contribution in [3.8, 4) is 10.6 Å². The van der Waals surface area contributed by atoms with E-state index in [0.29, 0.717) is 38.9 Å². The highest BCUT2D eigenvalue weighted by atomic mass is 32.2. The van der Waals surface area contributed by atoms with E-state index < -0.39 is 10.0 Å². The number of aromatic nitrogens is 2. The van der Waals surface area contributed by atoms with Crippen molar-refractivity contribution in [2.75, 3.05) is 19.3 Å². The average Bonchev–Trinajstić information content (AvgIpc) is 3.23. The number of hydrogen-bond acceptors (Lipinski definition) is 6. The second-order valence-corrected chi connectivity index (χ2v) is 10.2. The van der Waals surface area contributed by atoms with E-state index in [9.17, 15) is 18.0 Å². The van der Waals surface area contributed by atoms with E-state index in [4.69, 9.17) is 0 Å². The van der Waals surface area contributed by atoms with Gasteiger partial charge in [-0.2, -0.15) is 5.10 Å². The van der Waals surface area contributed by atoms with Crippen LogP contribution < -0.4 is 10.9 Å². The van der Waals surface area contributed by atoms with Crippen molar-refractivity contribution in [3.63, 3.8) is 0 Å². The summed E-state index contributed by atoms with van der Waals surface area (Å²) < 4.78 is 26.1. The van der Waals surface area contributed by atoms with Crippen molar-refractivity contribution in [1.82, 2.24) is 19.4 Å². The summed E-state index contributed by atoms with van der Waals surface area (Å²) in [5.41, 5.74) is 0.522. The Balaban J connectivity index is 1.63. The zero-order valence-corrected chi connectivity index (χ0v) is 18.2. The van der Waals surface area contributed by atoms with Gasteiger partial charge >= 0.3 is 0 Å². The number of amides is 1. The van der Waals surface area contributed by atoms with Gasteiger partial charge in [0, 0.05) is 31.1 Å². The number of rotatable bonds is 7. The molecule has 0 aliphatic carbocycles. The molecule has 2 aromatic heterocycles. The van der Waals surface area contributed by atoms with Crippen LogP contribution >= 0.6 is 11.3 Å². The smallest absolute Gasteiger partial charge is 0.266 e. The van der Waals surface area contributed by atoms with E-state index in [1.807, 2.05) is 24.4 Å². The molecule has 1 amide bonds. The van der Waals surface area contributed by atoms with Crippen LogP contribution in [-0.4, -0.2) is 53.8 Å². The molecule has 8 nitrogen and oxygen atoms in total. The molecule has 1 aliphatic rings. The van der Waals surface area contributed by atoms with Crippen molar-refractivity contribution in [1.29, 1.82) is 0 Å². The average molecular weight is 439 g/mol. The van der Waals surface area contributed by atoms with Crippen LogP contribution in [0.2, 0.25) is 0 Å². The minimum Gasteiger partial charge on any atom is -0.351 e. The van der Waals surface area contributed by atoms with Gasteiger partial charge in [0.1, 0.15) is 5.69 Å². The van der Waals surface area contributed by atoms with Crippen LogP contribution in [0.1, 0.15) is 26.2 Å². The van der Waals surface area contributed by atoms with Crippen molar-refractivity contribution < 1.29 is 13.2 Å². The van der Waals surface area contributed by atoms with Crippen LogP contribution in [0.5, 0.6) is 0 Å². The number of nitrogens with one attached hydrogen (secondary N) is 1. The Morgan fingerprint density at radius 1 is 1.31 bits per heavy atom. The highest BCUT2D eigenvalue weighted by Crippen LogP contribution is 2.21. The number of piperidine rings is 1. The summed E-state index contributed by atoms with van der Waals surface area (Å²) in [6.07, 6.45) is 2.85. The lowest BCUT2D eigenvalue weighted by Crippen LogP contribution is -2.46. The van der Waals surface area contributed by atoms with Gasteiger partial charge < -0.3 is 5.32 Å². The van der Waals surface area contributed by atoms with Crippen LogP contribution in [0.25, 0.3) is 10.6 Å². The van der Waals surface area contributed by atoms with Gasteiger partial charge in [-0.1, -0.05) is 13.0 Å². The van der Waals surface area contributed by atoms with Gasteiger partial charge in [0.05, 0.1) is 17.7 Å². The summed E-state index contributed by atoms with van der Waals surface area (Å²) in [5.74, 6) is -0.309. The van der Waals surface area contributed by atoms with Crippen LogP contribution in [0, 0.1) is 5.92 Å². The molecule has 29 heavy (non-hydrogen) atoms. The third-order valence-electron chi connectivity index (χ3n) is 5.17. The van der Waals surface area contributed by atoms with Crippen LogP contribution in [-0.2, 0) is 21.4 Å². The largest absolute Gasteiger partial charge is 0.351 e. The van der Waals surface area contributed by atoms with Gasteiger partial charge in [-0.3, -0.25) is 9.59 Å². The molecule has 158 valence electrons. The van der Waals surface area contributed by atoms with E-state index in [-0.39, 0.29) is 23.4 Å². The summed E-state index contributed by atoms with van der Waals surface area (Å²) in [6, 6.07) is 6.86. The first kappa shape index (κ1) is 21.7. The number of nitrogens with zero attached hydrogens (tertiary/aromatic N) is 3. The topological polar surface area (TPSA) is 101 Å². The molecule has 0 radical (unpaired) electrons. The first-order chi connectivity index (χ1) is 13.8. The van der Waals surface area contributed by atoms with Gasteiger partial charge in [0.2, 0.25) is 15.9 Å². The molecule has 1 N–H and O–H groups in total. The summed E-state index contributed by atoms with van der Waals surface area (Å²) >= 11 is 1.55. The van der Waals surface area contributed by atoms with Crippen LogP contribution in [0.4, 0.5) is 0 Å². The van der Waals surface area contributed by atoms with Crippen molar-refractivity contribution >= 4 is 27.3 Å². The van der Waals surface area contributed by atoms with Crippen molar-refractivity contribution in [3.05, 3.63) is 40.0 Å². The van der Waals surface area contributed by atoms with Crippen molar-refractivity contribution in [2.45, 2.75) is 38.8 Å². The summed E-state index contributed by atoms with van der Waals surface area (Å²) in [6.45, 7) is 2.96. The molecule has 3 rings (SSSR count). The Kier molecular flexibility index (Phi) is 6.86. The minimum atomic E-state index is -3.21. The van der Waals surface area contributed by atoms with E-state index >= 15 is 0 Å². The Morgan fingerprint density at radius 2 is 2.03 bits per heavy atom. The molecule has 0 unspecified atom stereocenters. The normalized spacial score (nSPS) is 17.2. The third kappa shape index (κ3) is 5.52. The number of thiophene rings is 1. The second-order valence-electron chi connectivity index (χ2n) is 7.27. The highest BCUT2D eigenvalue weighted by Gasteiger charge is 2.29. The molecule has 0 spiro atoms. The maximum absolute atomic E-state index is 12.7. The molecule has 0 saturated carbocycles. The van der Waals surface area contributed by atoms with E-state index in [1.54, 1.807) is 17.4 Å². The highest BCUT2D eigenvalue weighted by molar-refractivity contribution is 7.88. The van der Waals surface area contributed by atoms with Crippen LogP contribution in [0.15, 0.2) is 34.4 Å². The van der Waals surface area contributed by atoms with Gasteiger partial charge in [-0.25, -0.2) is 17.4 Å². The van der Waals surface area contributed by atoms with Gasteiger partial charge in [-0.05, 0) is 36.8 Å². The van der Waals surface area contributed by atoms with Gasteiger partial charge in [0.15, 0.2) is 0 Å². The molecule has 10 heteroatoms. The maximum atomic E-state index is 12.7. The number of carbonyl (C=O) groups is 1. The summed E-state index contributed by atoms with van der Waals surface area (Å²) in [5, 5.41) is 9.42. The molecule has 1 atom stereocenters. The molecule has 2 aromatic rings. The molecular formula is C19H26N4O4S2. The number of hydrogen-bond donors (Lipinski definition) is 1. The number of sulfonamides is 1. The SMILES string of the molecule is CC[C@H](Cn1nc(-c2cccs2)ccc1=O)NC(=O)C1CCN(S(C)(=O)=O)CC1. The lowest BCUT2D eigenvalue weighted by molar-refractivity contribution is -0.127. The standard InChI is InChI=1S/C19H26N4O4S2/c1-3-15(20-19(25)14-8-10-22(11-9-14)29(2,26)27)13-23-18(24)7-6-16(21-23)17-5-4-12-28-17/h4-7,12,14-15H,3,8-11,13H2,1-2H3,(H,20,25)/t15-/m1/s1. The molecule has 1 aliphatic heterocycles. The van der Waals surface area contributed by atoms with Crippen LogP contribution in [0.3, 0.4) is 0 Å². The first-order valence-electron chi connectivity index (χ1n) is 9.65. The maximum Gasteiger partial charge on any atom is 0.266 e. The molecule has 0 bridgehead atoms. The Morgan fingerprint density at radius 3 is 2.62 bits per heavy atom. The fourth-order valence-electron chi connectivity index (χ4n) is 3.39. The molecule has 0 aromatic carbocycles. The minimum absolute atomic E-state index is 0.0903. The zero-order chi connectivity index (χ0) is 21.0. The Hall–Kier alpha value is -2.04. The summed E-state index contributed by atoms with van der Waals surface area (Å²) in [4.78, 5) is 25.9. The third-order valence-corrected chi connectivity index (χ3v) is 7.36. The lowest BCUT2D eigenvalue weighted by Gasteiger charge is -2.30. The molecule has 1 fully saturated rings. The fourth-order valence-corrected chi connectivity index (χ4v) is 4.95. The van der Waals surface area contributed by atoms with E-state index in [0.717, 1.165) is 10.6 Å². The molecule has 1 saturated heterocycles.